The number of hydrogen-bond acceptors (Lipinski definition) is 9. The molecule has 0 radical (unpaired) electrons. The van der Waals surface area contributed by atoms with Crippen molar-refractivity contribution in [2.45, 2.75) is 20.4 Å². The molecule has 3 rings (SSSR count). The quantitative estimate of drug-likeness (QED) is 0.542. The van der Waals surface area contributed by atoms with E-state index in [1.54, 1.807) is 6.21 Å². The summed E-state index contributed by atoms with van der Waals surface area (Å²) in [6.45, 7) is 8.36. The van der Waals surface area contributed by atoms with Crippen LogP contribution in [-0.4, -0.2) is 67.7 Å². The fraction of sp³-hybridized carbons (Fsp3) is 0.556. The van der Waals surface area contributed by atoms with Gasteiger partial charge in [0.25, 0.3) is 0 Å². The third-order valence-electron chi connectivity index (χ3n) is 4.17. The number of likely N-dealkylation sites (N-methyl/N-ethyl adjacent to an activating group) is 1. The Labute approximate surface area is 158 Å². The van der Waals surface area contributed by atoms with Crippen molar-refractivity contribution in [3.63, 3.8) is 0 Å². The van der Waals surface area contributed by atoms with Crippen LogP contribution in [-0.2, 0) is 11.3 Å². The molecule has 0 amide bonds. The monoisotopic (exact) mass is 374 g/mol. The molecule has 1 fully saturated rings. The maximum atomic E-state index is 5.64. The van der Waals surface area contributed by atoms with Gasteiger partial charge in [-0.1, -0.05) is 0 Å². The van der Waals surface area contributed by atoms with Gasteiger partial charge in [-0.3, -0.25) is 4.99 Å². The lowest BCUT2D eigenvalue weighted by Gasteiger charge is -2.26. The summed E-state index contributed by atoms with van der Waals surface area (Å²) in [6.07, 6.45) is 1.63. The first-order chi connectivity index (χ1) is 13.2. The normalized spacial score (nSPS) is 14.9. The molecular weight excluding hydrogens is 348 g/mol. The number of furan rings is 1. The summed E-state index contributed by atoms with van der Waals surface area (Å²) in [4.78, 5) is 19.8. The van der Waals surface area contributed by atoms with Crippen LogP contribution >= 0.6 is 0 Å². The highest BCUT2D eigenvalue weighted by atomic mass is 16.5. The molecule has 1 aliphatic heterocycles. The summed E-state index contributed by atoms with van der Waals surface area (Å²) in [5.41, 5.74) is 1.12. The van der Waals surface area contributed by atoms with Crippen molar-refractivity contribution in [2.24, 2.45) is 4.99 Å². The van der Waals surface area contributed by atoms with E-state index in [0.29, 0.717) is 50.7 Å². The lowest BCUT2D eigenvalue weighted by molar-refractivity contribution is 0.122. The zero-order valence-corrected chi connectivity index (χ0v) is 16.1. The molecular formula is C18H26N6O3. The summed E-state index contributed by atoms with van der Waals surface area (Å²) < 4.78 is 16.7. The molecule has 3 heterocycles. The van der Waals surface area contributed by atoms with Crippen molar-refractivity contribution in [3.8, 4) is 6.01 Å². The molecule has 0 bridgehead atoms. The van der Waals surface area contributed by atoms with Crippen molar-refractivity contribution in [3.05, 3.63) is 29.0 Å². The zero-order valence-electron chi connectivity index (χ0n) is 16.1. The van der Waals surface area contributed by atoms with Gasteiger partial charge in [-0.15, -0.1) is 0 Å². The molecule has 2 aromatic heterocycles. The van der Waals surface area contributed by atoms with E-state index in [4.69, 9.17) is 13.9 Å². The second kappa shape index (κ2) is 9.43. The predicted molar refractivity (Wildman–Crippen MR) is 102 cm³/mol. The summed E-state index contributed by atoms with van der Waals surface area (Å²) in [6, 6.07) is 2.29. The lowest BCUT2D eigenvalue weighted by atomic mass is 10.3. The van der Waals surface area contributed by atoms with Crippen molar-refractivity contribution >= 4 is 12.2 Å². The van der Waals surface area contributed by atoms with Crippen LogP contribution in [0.5, 0.6) is 6.01 Å². The molecule has 1 N–H and O–H groups in total. The number of nitrogens with zero attached hydrogens (tertiary/aromatic N) is 5. The highest BCUT2D eigenvalue weighted by Crippen LogP contribution is 2.15. The summed E-state index contributed by atoms with van der Waals surface area (Å²) >= 11 is 0. The van der Waals surface area contributed by atoms with E-state index in [1.807, 2.05) is 27.0 Å². The minimum absolute atomic E-state index is 0.299. The topological polar surface area (TPSA) is 97.9 Å². The standard InChI is InChI=1S/C18H26N6O3/c1-13-10-15(27-14(13)2)11-20-12-16-21-17(24-5-8-25-9-6-24)23-18(22-16)26-7-4-19-3/h10,12,19H,4-9,11H2,1-3H3. The van der Waals surface area contributed by atoms with Crippen LogP contribution in [0.3, 0.4) is 0 Å². The number of aryl methyl sites for hydroxylation is 2. The Bertz CT molecular complexity index is 751. The molecule has 2 aromatic rings. The Morgan fingerprint density at radius 2 is 2.07 bits per heavy atom. The zero-order chi connectivity index (χ0) is 19.1. The molecule has 1 saturated heterocycles. The van der Waals surface area contributed by atoms with Crippen LogP contribution in [0.25, 0.3) is 0 Å². The second-order valence-corrected chi connectivity index (χ2v) is 6.25. The minimum Gasteiger partial charge on any atom is -0.464 e. The van der Waals surface area contributed by atoms with E-state index >= 15 is 0 Å². The van der Waals surface area contributed by atoms with Crippen molar-refractivity contribution in [1.82, 2.24) is 20.3 Å². The van der Waals surface area contributed by atoms with Gasteiger partial charge < -0.3 is 24.1 Å². The SMILES string of the molecule is CNCCOc1nc(C=NCc2cc(C)c(C)o2)nc(N2CCOCC2)n1. The number of morpholine rings is 1. The Balaban J connectivity index is 1.74. The van der Waals surface area contributed by atoms with Gasteiger partial charge in [0.05, 0.1) is 26.0 Å². The number of nitrogens with one attached hydrogen (secondary N) is 1. The largest absolute Gasteiger partial charge is 0.464 e. The van der Waals surface area contributed by atoms with Gasteiger partial charge in [-0.2, -0.15) is 15.0 Å². The van der Waals surface area contributed by atoms with Crippen LogP contribution < -0.4 is 15.0 Å². The Morgan fingerprint density at radius 3 is 2.78 bits per heavy atom. The Hall–Kier alpha value is -2.52. The molecule has 0 aliphatic carbocycles. The first-order valence-corrected chi connectivity index (χ1v) is 9.07. The number of hydrogen-bond donors (Lipinski definition) is 1. The third kappa shape index (κ3) is 5.48. The van der Waals surface area contributed by atoms with Crippen molar-refractivity contribution in [2.75, 3.05) is 51.4 Å². The van der Waals surface area contributed by atoms with Gasteiger partial charge in [-0.05, 0) is 32.5 Å². The van der Waals surface area contributed by atoms with Gasteiger partial charge in [-0.25, -0.2) is 0 Å². The number of anilines is 1. The van der Waals surface area contributed by atoms with E-state index in [2.05, 4.69) is 30.2 Å². The fourth-order valence-corrected chi connectivity index (χ4v) is 2.58. The smallest absolute Gasteiger partial charge is 0.321 e. The summed E-state index contributed by atoms with van der Waals surface area (Å²) in [7, 11) is 1.87. The molecule has 0 spiro atoms. The fourth-order valence-electron chi connectivity index (χ4n) is 2.58. The van der Waals surface area contributed by atoms with Crippen molar-refractivity contribution < 1.29 is 13.9 Å². The van der Waals surface area contributed by atoms with E-state index in [0.717, 1.165) is 30.2 Å². The van der Waals surface area contributed by atoms with Gasteiger partial charge in [0.15, 0.2) is 5.82 Å². The highest BCUT2D eigenvalue weighted by Gasteiger charge is 2.16. The molecule has 0 saturated carbocycles. The van der Waals surface area contributed by atoms with Crippen LogP contribution in [0.15, 0.2) is 15.5 Å². The average Bonchev–Trinajstić information content (AvgIpc) is 3.00. The first kappa shape index (κ1) is 19.2. The number of aliphatic imine (C=N–C) groups is 1. The van der Waals surface area contributed by atoms with Crippen LogP contribution in [0.4, 0.5) is 5.95 Å². The van der Waals surface area contributed by atoms with Gasteiger partial charge in [0, 0.05) is 19.6 Å². The van der Waals surface area contributed by atoms with Crippen LogP contribution in [0.2, 0.25) is 0 Å². The Morgan fingerprint density at radius 1 is 1.26 bits per heavy atom. The predicted octanol–water partition coefficient (Wildman–Crippen LogP) is 1.14. The van der Waals surface area contributed by atoms with Crippen molar-refractivity contribution in [1.29, 1.82) is 0 Å². The van der Waals surface area contributed by atoms with E-state index in [-0.39, 0.29) is 0 Å². The second-order valence-electron chi connectivity index (χ2n) is 6.25. The van der Waals surface area contributed by atoms with Gasteiger partial charge in [0.1, 0.15) is 18.1 Å². The molecule has 0 atom stereocenters. The summed E-state index contributed by atoms with van der Waals surface area (Å²) in [5, 5.41) is 3.03. The lowest BCUT2D eigenvalue weighted by Crippen LogP contribution is -2.37. The number of ether oxygens (including phenoxy) is 2. The van der Waals surface area contributed by atoms with Gasteiger partial charge >= 0.3 is 6.01 Å². The van der Waals surface area contributed by atoms with E-state index in [9.17, 15) is 0 Å². The molecule has 27 heavy (non-hydrogen) atoms. The van der Waals surface area contributed by atoms with Gasteiger partial charge in [0.2, 0.25) is 5.95 Å². The van der Waals surface area contributed by atoms with Crippen LogP contribution in [0, 0.1) is 13.8 Å². The Kier molecular flexibility index (Phi) is 6.72. The maximum Gasteiger partial charge on any atom is 0.321 e. The van der Waals surface area contributed by atoms with Crippen LogP contribution in [0.1, 0.15) is 22.9 Å². The maximum absolute atomic E-state index is 5.64. The highest BCUT2D eigenvalue weighted by molar-refractivity contribution is 5.75. The average molecular weight is 374 g/mol. The molecule has 1 aliphatic rings. The number of aromatic nitrogens is 3. The minimum atomic E-state index is 0.299. The van der Waals surface area contributed by atoms with E-state index in [1.165, 1.54) is 0 Å². The first-order valence-electron chi connectivity index (χ1n) is 9.07. The summed E-state index contributed by atoms with van der Waals surface area (Å²) in [5.74, 6) is 2.77. The molecule has 9 nitrogen and oxygen atoms in total. The van der Waals surface area contributed by atoms with E-state index < -0.39 is 0 Å². The third-order valence-corrected chi connectivity index (χ3v) is 4.17. The number of rotatable bonds is 8. The molecule has 0 aromatic carbocycles. The molecule has 9 heteroatoms. The molecule has 0 unspecified atom stereocenters. The molecule has 146 valence electrons.